The molecule has 2 N–H and O–H groups in total. The third-order valence-corrected chi connectivity index (χ3v) is 6.72. The van der Waals surface area contributed by atoms with Crippen LogP contribution in [0.3, 0.4) is 0 Å². The van der Waals surface area contributed by atoms with Crippen LogP contribution in [0, 0.1) is 5.82 Å². The van der Waals surface area contributed by atoms with Crippen LogP contribution in [0.5, 0.6) is 5.75 Å². The van der Waals surface area contributed by atoms with E-state index < -0.39 is 0 Å². The first-order chi connectivity index (χ1) is 15.2. The molecular weight excluding hydrogens is 405 g/mol. The van der Waals surface area contributed by atoms with Crippen molar-refractivity contribution < 1.29 is 13.9 Å². The van der Waals surface area contributed by atoms with E-state index in [9.17, 15) is 9.18 Å². The Balaban J connectivity index is 1.69. The molecule has 0 aliphatic carbocycles. The number of hydrogen-bond acceptors (Lipinski definition) is 5. The molecule has 32 heavy (non-hydrogen) atoms. The van der Waals surface area contributed by atoms with Gasteiger partial charge in [-0.25, -0.2) is 9.18 Å². The smallest absolute Gasteiger partial charge is 0.147 e. The van der Waals surface area contributed by atoms with E-state index in [-0.39, 0.29) is 23.3 Å². The average Bonchev–Trinajstić information content (AvgIpc) is 2.77. The Morgan fingerprint density at radius 3 is 2.47 bits per heavy atom. The third kappa shape index (κ3) is 5.14. The molecule has 0 bridgehead atoms. The fraction of sp³-hybridized carbons (Fsp3) is 0.462. The number of nitrogens with zero attached hydrogens (tertiary/aromatic N) is 2. The molecule has 0 amide bonds. The number of nitrogen functional groups attached to an aromatic ring is 1. The second kappa shape index (κ2) is 9.76. The zero-order valence-electron chi connectivity index (χ0n) is 19.7. The quantitative estimate of drug-likeness (QED) is 0.499. The molecule has 1 aliphatic rings. The first kappa shape index (κ1) is 23.8. The number of benzene rings is 2. The van der Waals surface area contributed by atoms with Crippen molar-refractivity contribution in [3.8, 4) is 5.75 Å². The first-order valence-corrected chi connectivity index (χ1v) is 11.2. The molecule has 0 spiro atoms. The standard InChI is InChI=1S/C26H34FN3O2/c1-6-26(4,5)21-9-12-25(23(28)13-21)32-17-29-14-18(2)30(24(16-31)19(29)3)15-20-7-10-22(27)11-8-20/h7-13,18-19H,6,14-15,17,28H2,1-5H3/t18-,19+/m0/s1. The number of nitrogens with two attached hydrogens (primary N) is 1. The van der Waals surface area contributed by atoms with Gasteiger partial charge >= 0.3 is 0 Å². The summed E-state index contributed by atoms with van der Waals surface area (Å²) in [6.07, 6.45) is 1.02. The van der Waals surface area contributed by atoms with E-state index in [0.29, 0.717) is 37.0 Å². The highest BCUT2D eigenvalue weighted by atomic mass is 19.1. The average molecular weight is 440 g/mol. The lowest BCUT2D eigenvalue weighted by molar-refractivity contribution is 0.0288. The number of ether oxygens (including phenoxy) is 1. The van der Waals surface area contributed by atoms with Gasteiger partial charge in [-0.3, -0.25) is 4.90 Å². The molecule has 3 rings (SSSR count). The van der Waals surface area contributed by atoms with Gasteiger partial charge in [0.25, 0.3) is 0 Å². The Hall–Kier alpha value is -2.82. The maximum Gasteiger partial charge on any atom is 0.147 e. The predicted molar refractivity (Wildman–Crippen MR) is 126 cm³/mol. The van der Waals surface area contributed by atoms with Crippen LogP contribution in [0.25, 0.3) is 0 Å². The van der Waals surface area contributed by atoms with Crippen LogP contribution in [0.4, 0.5) is 10.1 Å². The summed E-state index contributed by atoms with van der Waals surface area (Å²) in [4.78, 5) is 16.0. The summed E-state index contributed by atoms with van der Waals surface area (Å²) >= 11 is 0. The van der Waals surface area contributed by atoms with E-state index in [2.05, 4.69) is 44.6 Å². The normalized spacial score (nSPS) is 19.7. The monoisotopic (exact) mass is 439 g/mol. The summed E-state index contributed by atoms with van der Waals surface area (Å²) in [6, 6.07) is 12.3. The van der Waals surface area contributed by atoms with Crippen molar-refractivity contribution in [2.45, 2.75) is 65.1 Å². The third-order valence-electron chi connectivity index (χ3n) is 6.72. The van der Waals surface area contributed by atoms with E-state index in [4.69, 9.17) is 10.5 Å². The maximum atomic E-state index is 13.2. The van der Waals surface area contributed by atoms with Crippen LogP contribution in [0.1, 0.15) is 52.2 Å². The van der Waals surface area contributed by atoms with Crippen molar-refractivity contribution in [2.75, 3.05) is 19.0 Å². The number of carbonyl (C=O) groups excluding carboxylic acids is 1. The lowest BCUT2D eigenvalue weighted by Gasteiger charge is -2.45. The molecule has 0 unspecified atom stereocenters. The number of piperazine rings is 1. The van der Waals surface area contributed by atoms with Crippen LogP contribution in [-0.2, 0) is 16.8 Å². The van der Waals surface area contributed by atoms with Crippen molar-refractivity contribution in [1.29, 1.82) is 0 Å². The first-order valence-electron chi connectivity index (χ1n) is 11.2. The van der Waals surface area contributed by atoms with Crippen LogP contribution in [-0.4, -0.2) is 41.1 Å². The number of anilines is 1. The van der Waals surface area contributed by atoms with Gasteiger partial charge in [-0.1, -0.05) is 39.0 Å². The highest BCUT2D eigenvalue weighted by Crippen LogP contribution is 2.32. The fourth-order valence-electron chi connectivity index (χ4n) is 4.04. The summed E-state index contributed by atoms with van der Waals surface area (Å²) in [5.74, 6) is 2.51. The highest BCUT2D eigenvalue weighted by molar-refractivity contribution is 5.56. The van der Waals surface area contributed by atoms with Gasteiger partial charge in [-0.05, 0) is 61.1 Å². The van der Waals surface area contributed by atoms with Gasteiger partial charge < -0.3 is 15.4 Å². The summed E-state index contributed by atoms with van der Waals surface area (Å²) in [5.41, 5.74) is 9.66. The van der Waals surface area contributed by atoms with Gasteiger partial charge in [-0.15, -0.1) is 0 Å². The maximum absolute atomic E-state index is 13.2. The van der Waals surface area contributed by atoms with Crippen molar-refractivity contribution >= 4 is 11.6 Å². The zero-order valence-corrected chi connectivity index (χ0v) is 19.7. The van der Waals surface area contributed by atoms with Gasteiger partial charge in [0, 0.05) is 19.1 Å². The SMILES string of the molecule is CCC(C)(C)c1ccc(OCN2C[C@H](C)N(Cc3ccc(F)cc3)C(=C=O)[C@H]2C)c(N)c1. The molecule has 1 saturated heterocycles. The molecule has 0 aromatic heterocycles. The predicted octanol–water partition coefficient (Wildman–Crippen LogP) is 4.74. The van der Waals surface area contributed by atoms with Gasteiger partial charge in [0.15, 0.2) is 0 Å². The fourth-order valence-corrected chi connectivity index (χ4v) is 4.04. The van der Waals surface area contributed by atoms with E-state index in [1.54, 1.807) is 12.1 Å². The number of rotatable bonds is 7. The molecule has 1 heterocycles. The van der Waals surface area contributed by atoms with Crippen LogP contribution in [0.15, 0.2) is 48.2 Å². The number of halogens is 1. The van der Waals surface area contributed by atoms with E-state index in [0.717, 1.165) is 12.0 Å². The summed E-state index contributed by atoms with van der Waals surface area (Å²) < 4.78 is 19.3. The van der Waals surface area contributed by atoms with Gasteiger partial charge in [0.1, 0.15) is 29.9 Å². The van der Waals surface area contributed by atoms with Crippen LogP contribution >= 0.6 is 0 Å². The van der Waals surface area contributed by atoms with E-state index in [1.807, 2.05) is 24.0 Å². The molecule has 6 heteroatoms. The molecule has 2 atom stereocenters. The Kier molecular flexibility index (Phi) is 7.27. The van der Waals surface area contributed by atoms with Crippen LogP contribution in [0.2, 0.25) is 0 Å². The molecule has 172 valence electrons. The van der Waals surface area contributed by atoms with Gasteiger partial charge in [0.2, 0.25) is 0 Å². The minimum absolute atomic E-state index is 0.0567. The van der Waals surface area contributed by atoms with Crippen molar-refractivity contribution in [1.82, 2.24) is 9.80 Å². The van der Waals surface area contributed by atoms with Gasteiger partial charge in [-0.2, -0.15) is 0 Å². The summed E-state index contributed by atoms with van der Waals surface area (Å²) in [5, 5.41) is 0. The Labute approximate surface area is 190 Å². The van der Waals surface area contributed by atoms with Crippen molar-refractivity contribution in [3.05, 3.63) is 65.1 Å². The molecule has 0 saturated carbocycles. The lowest BCUT2D eigenvalue weighted by Crippen LogP contribution is -2.55. The lowest BCUT2D eigenvalue weighted by atomic mass is 9.82. The Morgan fingerprint density at radius 2 is 1.88 bits per heavy atom. The molecule has 5 nitrogen and oxygen atoms in total. The topological polar surface area (TPSA) is 58.8 Å². The Bertz CT molecular complexity index is 983. The zero-order chi connectivity index (χ0) is 23.5. The van der Waals surface area contributed by atoms with Crippen molar-refractivity contribution in [2.24, 2.45) is 0 Å². The summed E-state index contributed by atoms with van der Waals surface area (Å²) in [7, 11) is 0. The molecule has 0 radical (unpaired) electrons. The highest BCUT2D eigenvalue weighted by Gasteiger charge is 2.34. The van der Waals surface area contributed by atoms with E-state index >= 15 is 0 Å². The number of hydrogen-bond donors (Lipinski definition) is 1. The van der Waals surface area contributed by atoms with Crippen molar-refractivity contribution in [3.63, 3.8) is 0 Å². The molecule has 1 aliphatic heterocycles. The molecular formula is C26H34FN3O2. The van der Waals surface area contributed by atoms with E-state index in [1.165, 1.54) is 17.7 Å². The minimum Gasteiger partial charge on any atom is -0.476 e. The van der Waals surface area contributed by atoms with Gasteiger partial charge in [0.05, 0.1) is 11.7 Å². The van der Waals surface area contributed by atoms with Crippen LogP contribution < -0.4 is 10.5 Å². The Morgan fingerprint density at radius 1 is 1.19 bits per heavy atom. The molecule has 2 aromatic carbocycles. The minimum atomic E-state index is -0.270. The summed E-state index contributed by atoms with van der Waals surface area (Å²) in [6.45, 7) is 12.2. The largest absolute Gasteiger partial charge is 0.476 e. The molecule has 1 fully saturated rings. The second-order valence-electron chi connectivity index (χ2n) is 9.30. The molecule has 2 aromatic rings. The second-order valence-corrected chi connectivity index (χ2v) is 9.30.